The van der Waals surface area contributed by atoms with Crippen LogP contribution >= 0.6 is 0 Å². The number of H-pyrrole nitrogens is 1. The van der Waals surface area contributed by atoms with Crippen molar-refractivity contribution in [3.8, 4) is 0 Å². The average molecular weight is 281 g/mol. The summed E-state index contributed by atoms with van der Waals surface area (Å²) in [7, 11) is -2.20. The van der Waals surface area contributed by atoms with Crippen LogP contribution in [0.25, 0.3) is 0 Å². The fourth-order valence-electron chi connectivity index (χ4n) is 1.59. The maximum Gasteiger partial charge on any atom is 0.242 e. The SMILES string of the molecule is CNS(=O)(=O)c1cc(N)ccc1NCc1ccn[nH]1. The van der Waals surface area contributed by atoms with Gasteiger partial charge in [0, 0.05) is 11.9 Å². The lowest BCUT2D eigenvalue weighted by Gasteiger charge is -2.12. The van der Waals surface area contributed by atoms with Crippen LogP contribution in [0.5, 0.6) is 0 Å². The van der Waals surface area contributed by atoms with Crippen molar-refractivity contribution in [2.45, 2.75) is 11.4 Å². The van der Waals surface area contributed by atoms with Crippen LogP contribution in [0.3, 0.4) is 0 Å². The third kappa shape index (κ3) is 3.04. The molecule has 19 heavy (non-hydrogen) atoms. The third-order valence-corrected chi connectivity index (χ3v) is 4.05. The molecule has 2 rings (SSSR count). The Kier molecular flexibility index (Phi) is 3.72. The van der Waals surface area contributed by atoms with E-state index in [0.717, 1.165) is 5.69 Å². The Balaban J connectivity index is 2.30. The van der Waals surface area contributed by atoms with Crippen LogP contribution in [0.4, 0.5) is 11.4 Å². The van der Waals surface area contributed by atoms with Gasteiger partial charge in [-0.3, -0.25) is 5.10 Å². The molecule has 0 unspecified atom stereocenters. The number of nitrogens with zero attached hydrogens (tertiary/aromatic N) is 1. The Labute approximate surface area is 111 Å². The molecular formula is C11H15N5O2S. The molecule has 0 fully saturated rings. The van der Waals surface area contributed by atoms with Crippen LogP contribution in [0, 0.1) is 0 Å². The first-order valence-corrected chi connectivity index (χ1v) is 7.06. The minimum atomic E-state index is -3.56. The van der Waals surface area contributed by atoms with Crippen molar-refractivity contribution in [1.29, 1.82) is 0 Å². The standard InChI is InChI=1S/C11H15N5O2S/c1-13-19(17,18)11-6-8(12)2-3-10(11)14-7-9-4-5-15-16-9/h2-6,13-14H,7,12H2,1H3,(H,15,16). The molecule has 1 aromatic heterocycles. The number of hydrogen-bond acceptors (Lipinski definition) is 5. The van der Waals surface area contributed by atoms with Crippen molar-refractivity contribution in [3.05, 3.63) is 36.2 Å². The zero-order valence-electron chi connectivity index (χ0n) is 10.3. The Morgan fingerprint density at radius 3 is 2.79 bits per heavy atom. The van der Waals surface area contributed by atoms with Gasteiger partial charge in [0.05, 0.1) is 17.9 Å². The highest BCUT2D eigenvalue weighted by atomic mass is 32.2. The molecule has 8 heteroatoms. The molecule has 0 aliphatic rings. The molecule has 0 radical (unpaired) electrons. The molecule has 0 bridgehead atoms. The van der Waals surface area contributed by atoms with Crippen LogP contribution < -0.4 is 15.8 Å². The van der Waals surface area contributed by atoms with E-state index < -0.39 is 10.0 Å². The van der Waals surface area contributed by atoms with Gasteiger partial charge in [0.2, 0.25) is 10.0 Å². The van der Waals surface area contributed by atoms with Crippen molar-refractivity contribution < 1.29 is 8.42 Å². The highest BCUT2D eigenvalue weighted by Gasteiger charge is 2.16. The number of nitrogen functional groups attached to an aromatic ring is 1. The van der Waals surface area contributed by atoms with Crippen molar-refractivity contribution in [2.24, 2.45) is 0 Å². The Bertz CT molecular complexity index is 652. The van der Waals surface area contributed by atoms with Gasteiger partial charge in [0.25, 0.3) is 0 Å². The van der Waals surface area contributed by atoms with E-state index in [4.69, 9.17) is 5.73 Å². The maximum atomic E-state index is 11.9. The second-order valence-electron chi connectivity index (χ2n) is 3.90. The molecule has 0 spiro atoms. The number of aromatic amines is 1. The van der Waals surface area contributed by atoms with Gasteiger partial charge in [-0.2, -0.15) is 5.10 Å². The summed E-state index contributed by atoms with van der Waals surface area (Å²) in [6, 6.07) is 6.50. The molecule has 1 heterocycles. The van der Waals surface area contributed by atoms with Gasteiger partial charge >= 0.3 is 0 Å². The Hall–Kier alpha value is -2.06. The second-order valence-corrected chi connectivity index (χ2v) is 5.75. The van der Waals surface area contributed by atoms with E-state index in [2.05, 4.69) is 20.2 Å². The van der Waals surface area contributed by atoms with Crippen LogP contribution in [-0.4, -0.2) is 25.7 Å². The lowest BCUT2D eigenvalue weighted by atomic mass is 10.3. The van der Waals surface area contributed by atoms with E-state index in [1.165, 1.54) is 13.1 Å². The van der Waals surface area contributed by atoms with Crippen molar-refractivity contribution >= 4 is 21.4 Å². The smallest absolute Gasteiger partial charge is 0.242 e. The third-order valence-electron chi connectivity index (χ3n) is 2.59. The van der Waals surface area contributed by atoms with Gasteiger partial charge in [-0.25, -0.2) is 13.1 Å². The lowest BCUT2D eigenvalue weighted by Crippen LogP contribution is -2.20. The van der Waals surface area contributed by atoms with E-state index in [0.29, 0.717) is 17.9 Å². The monoisotopic (exact) mass is 281 g/mol. The fourth-order valence-corrected chi connectivity index (χ4v) is 2.53. The number of aromatic nitrogens is 2. The minimum Gasteiger partial charge on any atom is -0.399 e. The molecule has 102 valence electrons. The molecular weight excluding hydrogens is 266 g/mol. The highest BCUT2D eigenvalue weighted by Crippen LogP contribution is 2.24. The maximum absolute atomic E-state index is 11.9. The minimum absolute atomic E-state index is 0.120. The zero-order chi connectivity index (χ0) is 13.9. The highest BCUT2D eigenvalue weighted by molar-refractivity contribution is 7.89. The largest absolute Gasteiger partial charge is 0.399 e. The number of hydrogen-bond donors (Lipinski definition) is 4. The van der Waals surface area contributed by atoms with Gasteiger partial charge in [-0.15, -0.1) is 0 Å². The molecule has 0 aliphatic heterocycles. The number of anilines is 2. The normalized spacial score (nSPS) is 11.4. The zero-order valence-corrected chi connectivity index (χ0v) is 11.2. The van der Waals surface area contributed by atoms with Crippen LogP contribution in [0.2, 0.25) is 0 Å². The first-order valence-electron chi connectivity index (χ1n) is 5.58. The molecule has 0 amide bonds. The number of rotatable bonds is 5. The molecule has 0 atom stereocenters. The summed E-state index contributed by atoms with van der Waals surface area (Å²) in [5, 5.41) is 9.65. The quantitative estimate of drug-likeness (QED) is 0.596. The van der Waals surface area contributed by atoms with E-state index >= 15 is 0 Å². The molecule has 1 aromatic carbocycles. The van der Waals surface area contributed by atoms with Crippen molar-refractivity contribution in [2.75, 3.05) is 18.1 Å². The Morgan fingerprint density at radius 1 is 1.37 bits per heavy atom. The van der Waals surface area contributed by atoms with Gasteiger partial charge in [0.15, 0.2) is 0 Å². The number of nitrogens with one attached hydrogen (secondary N) is 3. The molecule has 5 N–H and O–H groups in total. The number of benzene rings is 1. The summed E-state index contributed by atoms with van der Waals surface area (Å²) in [6.07, 6.45) is 1.63. The van der Waals surface area contributed by atoms with Crippen molar-refractivity contribution in [1.82, 2.24) is 14.9 Å². The number of sulfonamides is 1. The van der Waals surface area contributed by atoms with Crippen LogP contribution in [-0.2, 0) is 16.6 Å². The first kappa shape index (κ1) is 13.4. The lowest BCUT2D eigenvalue weighted by molar-refractivity contribution is 0.588. The molecule has 0 saturated heterocycles. The van der Waals surface area contributed by atoms with Gasteiger partial charge < -0.3 is 11.1 Å². The van der Waals surface area contributed by atoms with Gasteiger partial charge in [0.1, 0.15) is 4.90 Å². The molecule has 2 aromatic rings. The summed E-state index contributed by atoms with van der Waals surface area (Å²) in [4.78, 5) is 0.120. The van der Waals surface area contributed by atoms with E-state index in [9.17, 15) is 8.42 Å². The Morgan fingerprint density at radius 2 is 2.16 bits per heavy atom. The van der Waals surface area contributed by atoms with Gasteiger partial charge in [-0.1, -0.05) is 0 Å². The van der Waals surface area contributed by atoms with Gasteiger partial charge in [-0.05, 0) is 31.3 Å². The van der Waals surface area contributed by atoms with Crippen LogP contribution in [0.1, 0.15) is 5.69 Å². The van der Waals surface area contributed by atoms with E-state index in [1.807, 2.05) is 0 Å². The summed E-state index contributed by atoms with van der Waals surface area (Å²) >= 11 is 0. The molecule has 0 aliphatic carbocycles. The summed E-state index contributed by atoms with van der Waals surface area (Å²) in [5.74, 6) is 0. The van der Waals surface area contributed by atoms with E-state index in [1.54, 1.807) is 24.4 Å². The van der Waals surface area contributed by atoms with E-state index in [-0.39, 0.29) is 4.90 Å². The van der Waals surface area contributed by atoms with Crippen molar-refractivity contribution in [3.63, 3.8) is 0 Å². The predicted octanol–water partition coefficient (Wildman–Crippen LogP) is 0.512. The summed E-state index contributed by atoms with van der Waals surface area (Å²) in [6.45, 7) is 0.441. The second kappa shape index (κ2) is 5.29. The topological polar surface area (TPSA) is 113 Å². The average Bonchev–Trinajstić information content (AvgIpc) is 2.90. The summed E-state index contributed by atoms with van der Waals surface area (Å²) < 4.78 is 26.1. The molecule has 0 saturated carbocycles. The van der Waals surface area contributed by atoms with Crippen LogP contribution in [0.15, 0.2) is 35.4 Å². The fraction of sp³-hybridized carbons (Fsp3) is 0.182. The summed E-state index contributed by atoms with van der Waals surface area (Å²) in [5.41, 5.74) is 7.36. The molecule has 7 nitrogen and oxygen atoms in total. The predicted molar refractivity (Wildman–Crippen MR) is 73.0 cm³/mol. The first-order chi connectivity index (χ1) is 9.03. The number of nitrogens with two attached hydrogens (primary N) is 1.